The number of hydrogen-bond acceptors (Lipinski definition) is 6. The number of nitrogens with one attached hydrogen (secondary N) is 2. The van der Waals surface area contributed by atoms with Gasteiger partial charge in [-0.1, -0.05) is 50.1 Å². The van der Waals surface area contributed by atoms with Crippen LogP contribution in [0.25, 0.3) is 0 Å². The number of unbranched alkanes of at least 4 members (excludes halogenated alkanes) is 1. The van der Waals surface area contributed by atoms with Crippen LogP contribution in [0.4, 0.5) is 4.79 Å². The van der Waals surface area contributed by atoms with Gasteiger partial charge in [-0.25, -0.2) is 9.59 Å². The Morgan fingerprint density at radius 1 is 1.19 bits per heavy atom. The number of ether oxygens (including phenoxy) is 2. The minimum absolute atomic E-state index is 0.113. The molecule has 8 nitrogen and oxygen atoms in total. The van der Waals surface area contributed by atoms with Gasteiger partial charge >= 0.3 is 12.1 Å². The lowest BCUT2D eigenvalue weighted by atomic mass is 10.1. The van der Waals surface area contributed by atoms with Gasteiger partial charge in [0.15, 0.2) is 0 Å². The Labute approximate surface area is 159 Å². The van der Waals surface area contributed by atoms with E-state index in [0.29, 0.717) is 6.42 Å². The van der Waals surface area contributed by atoms with Gasteiger partial charge in [-0.05, 0) is 12.0 Å². The summed E-state index contributed by atoms with van der Waals surface area (Å²) in [6.07, 6.45) is 0.0685. The molecule has 0 aliphatic rings. The molecule has 150 valence electrons. The number of carbonyl (C=O) groups is 3. The van der Waals surface area contributed by atoms with Gasteiger partial charge < -0.3 is 25.2 Å². The molecule has 1 rings (SSSR count). The molecule has 0 aromatic heterocycles. The quantitative estimate of drug-likeness (QED) is 0.502. The summed E-state index contributed by atoms with van der Waals surface area (Å²) < 4.78 is 9.68. The Hall–Kier alpha value is -2.61. The van der Waals surface area contributed by atoms with E-state index in [0.717, 1.165) is 18.4 Å². The maximum Gasteiger partial charge on any atom is 0.407 e. The van der Waals surface area contributed by atoms with Crippen molar-refractivity contribution in [2.24, 2.45) is 0 Å². The molecular weight excluding hydrogens is 352 g/mol. The number of aliphatic hydroxyl groups is 1. The number of amides is 2. The largest absolute Gasteiger partial charge is 0.467 e. The molecular formula is C19H28N2O6. The summed E-state index contributed by atoms with van der Waals surface area (Å²) in [6, 6.07) is 8.43. The van der Waals surface area contributed by atoms with Crippen LogP contribution < -0.4 is 10.6 Å². The highest BCUT2D eigenvalue weighted by Gasteiger charge is 2.22. The Balaban J connectivity index is 2.30. The number of methoxy groups -OCH3 is 1. The van der Waals surface area contributed by atoms with Gasteiger partial charge in [0.2, 0.25) is 5.91 Å². The summed E-state index contributed by atoms with van der Waals surface area (Å²) in [5.74, 6) is -1.01. The molecule has 0 bridgehead atoms. The second kappa shape index (κ2) is 12.7. The van der Waals surface area contributed by atoms with Crippen LogP contribution in [-0.2, 0) is 25.7 Å². The van der Waals surface area contributed by atoms with Crippen molar-refractivity contribution in [3.8, 4) is 0 Å². The molecule has 1 aromatic carbocycles. The zero-order chi connectivity index (χ0) is 20.1. The molecule has 3 N–H and O–H groups in total. The van der Waals surface area contributed by atoms with E-state index in [2.05, 4.69) is 15.4 Å². The lowest BCUT2D eigenvalue weighted by Gasteiger charge is -2.17. The molecule has 0 unspecified atom stereocenters. The fourth-order valence-corrected chi connectivity index (χ4v) is 2.31. The fraction of sp³-hybridized carbons (Fsp3) is 0.526. The Kier molecular flexibility index (Phi) is 10.5. The van der Waals surface area contributed by atoms with Gasteiger partial charge in [0, 0.05) is 6.54 Å². The van der Waals surface area contributed by atoms with E-state index in [9.17, 15) is 19.5 Å². The van der Waals surface area contributed by atoms with Crippen LogP contribution in [0.3, 0.4) is 0 Å². The third kappa shape index (κ3) is 9.60. The summed E-state index contributed by atoms with van der Waals surface area (Å²) in [5.41, 5.74) is 0.841. The maximum atomic E-state index is 12.0. The first-order valence-electron chi connectivity index (χ1n) is 8.96. The van der Waals surface area contributed by atoms with Gasteiger partial charge in [-0.3, -0.25) is 4.79 Å². The molecule has 0 aliphatic carbocycles. The molecule has 27 heavy (non-hydrogen) atoms. The molecule has 0 heterocycles. The first-order valence-corrected chi connectivity index (χ1v) is 8.96. The molecule has 2 amide bonds. The van der Waals surface area contributed by atoms with Crippen LogP contribution in [0.1, 0.15) is 38.2 Å². The van der Waals surface area contributed by atoms with E-state index >= 15 is 0 Å². The first-order chi connectivity index (χ1) is 13.0. The zero-order valence-electron chi connectivity index (χ0n) is 15.8. The summed E-state index contributed by atoms with van der Waals surface area (Å²) >= 11 is 0. The number of hydrogen-bond donors (Lipinski definition) is 3. The van der Waals surface area contributed by atoms with E-state index in [-0.39, 0.29) is 19.6 Å². The number of benzene rings is 1. The lowest BCUT2D eigenvalue weighted by Crippen LogP contribution is -2.43. The van der Waals surface area contributed by atoms with Crippen molar-refractivity contribution in [2.75, 3.05) is 13.7 Å². The minimum atomic E-state index is -1.10. The lowest BCUT2D eigenvalue weighted by molar-refractivity contribution is -0.145. The predicted molar refractivity (Wildman–Crippen MR) is 98.7 cm³/mol. The standard InChI is InChI=1S/C19H28N2O6/c1-3-4-10-16(18(24)26-2)21-17(23)11-15(22)12-20-19(25)27-13-14-8-6-5-7-9-14/h5-9,15-16,22H,3-4,10-13H2,1-2H3,(H,20,25)(H,21,23)/t15-,16+/m1/s1. The van der Waals surface area contributed by atoms with Crippen LogP contribution in [0.15, 0.2) is 30.3 Å². The number of esters is 1. The van der Waals surface area contributed by atoms with Crippen LogP contribution in [-0.4, -0.2) is 48.9 Å². The molecule has 2 atom stereocenters. The predicted octanol–water partition coefficient (Wildman–Crippen LogP) is 1.51. The van der Waals surface area contributed by atoms with Crippen LogP contribution in [0.2, 0.25) is 0 Å². The summed E-state index contributed by atoms with van der Waals surface area (Å²) in [7, 11) is 1.26. The Morgan fingerprint density at radius 3 is 2.52 bits per heavy atom. The average Bonchev–Trinajstić information content (AvgIpc) is 2.68. The SMILES string of the molecule is CCCC[C@H](NC(=O)C[C@@H](O)CNC(=O)OCc1ccccc1)C(=O)OC. The molecule has 0 saturated carbocycles. The number of rotatable bonds is 11. The highest BCUT2D eigenvalue weighted by molar-refractivity contribution is 5.84. The van der Waals surface area contributed by atoms with E-state index in [1.807, 2.05) is 37.3 Å². The van der Waals surface area contributed by atoms with Crippen molar-refractivity contribution in [2.45, 2.75) is 51.4 Å². The number of aliphatic hydroxyl groups excluding tert-OH is 1. The second-order valence-electron chi connectivity index (χ2n) is 6.09. The Morgan fingerprint density at radius 2 is 1.89 bits per heavy atom. The van der Waals surface area contributed by atoms with Gasteiger partial charge in [0.25, 0.3) is 0 Å². The topological polar surface area (TPSA) is 114 Å². The molecule has 0 radical (unpaired) electrons. The van der Waals surface area contributed by atoms with Crippen molar-refractivity contribution in [3.05, 3.63) is 35.9 Å². The van der Waals surface area contributed by atoms with Crippen LogP contribution >= 0.6 is 0 Å². The van der Waals surface area contributed by atoms with Crippen LogP contribution in [0.5, 0.6) is 0 Å². The van der Waals surface area contributed by atoms with Gasteiger partial charge in [-0.2, -0.15) is 0 Å². The summed E-state index contributed by atoms with van der Waals surface area (Å²) in [4.78, 5) is 35.3. The van der Waals surface area contributed by atoms with E-state index in [1.54, 1.807) is 0 Å². The van der Waals surface area contributed by atoms with Crippen molar-refractivity contribution >= 4 is 18.0 Å². The number of alkyl carbamates (subject to hydrolysis) is 1. The highest BCUT2D eigenvalue weighted by atomic mass is 16.5. The van der Waals surface area contributed by atoms with E-state index in [4.69, 9.17) is 4.74 Å². The molecule has 0 aliphatic heterocycles. The first kappa shape index (κ1) is 22.4. The van der Waals surface area contributed by atoms with Gasteiger partial charge in [0.1, 0.15) is 12.6 Å². The molecule has 8 heteroatoms. The zero-order valence-corrected chi connectivity index (χ0v) is 15.8. The third-order valence-electron chi connectivity index (χ3n) is 3.78. The summed E-state index contributed by atoms with van der Waals surface area (Å²) in [5, 5.41) is 14.8. The molecule has 0 fully saturated rings. The molecule has 0 spiro atoms. The number of carbonyl (C=O) groups excluding carboxylic acids is 3. The van der Waals surface area contributed by atoms with Crippen molar-refractivity contribution in [3.63, 3.8) is 0 Å². The normalized spacial score (nSPS) is 12.6. The minimum Gasteiger partial charge on any atom is -0.467 e. The maximum absolute atomic E-state index is 12.0. The fourth-order valence-electron chi connectivity index (χ4n) is 2.31. The molecule has 0 saturated heterocycles. The highest BCUT2D eigenvalue weighted by Crippen LogP contribution is 2.04. The average molecular weight is 380 g/mol. The van der Waals surface area contributed by atoms with Gasteiger partial charge in [-0.15, -0.1) is 0 Å². The molecule has 1 aromatic rings. The van der Waals surface area contributed by atoms with Gasteiger partial charge in [0.05, 0.1) is 19.6 Å². The monoisotopic (exact) mass is 380 g/mol. The van der Waals surface area contributed by atoms with Crippen molar-refractivity contribution in [1.29, 1.82) is 0 Å². The van der Waals surface area contributed by atoms with Crippen LogP contribution in [0, 0.1) is 0 Å². The van der Waals surface area contributed by atoms with E-state index in [1.165, 1.54) is 7.11 Å². The van der Waals surface area contributed by atoms with E-state index < -0.39 is 30.1 Å². The second-order valence-corrected chi connectivity index (χ2v) is 6.09. The summed E-state index contributed by atoms with van der Waals surface area (Å²) in [6.45, 7) is 1.95. The third-order valence-corrected chi connectivity index (χ3v) is 3.78. The van der Waals surface area contributed by atoms with Crippen molar-refractivity contribution in [1.82, 2.24) is 10.6 Å². The van der Waals surface area contributed by atoms with Crippen molar-refractivity contribution < 1.29 is 29.0 Å². The smallest absolute Gasteiger partial charge is 0.407 e. The Bertz CT molecular complexity index is 593.